The molecule has 0 spiro atoms. The zero-order chi connectivity index (χ0) is 13.0. The number of rotatable bonds is 4. The van der Waals surface area contributed by atoms with Gasteiger partial charge in [0.15, 0.2) is 0 Å². The van der Waals surface area contributed by atoms with Gasteiger partial charge >= 0.3 is 5.97 Å². The van der Waals surface area contributed by atoms with Gasteiger partial charge in [-0.3, -0.25) is 9.59 Å². The quantitative estimate of drug-likeness (QED) is 0.691. The predicted molar refractivity (Wildman–Crippen MR) is 67.1 cm³/mol. The summed E-state index contributed by atoms with van der Waals surface area (Å²) in [5.74, 6) is -0.417. The van der Waals surface area contributed by atoms with Crippen LogP contribution in [0.1, 0.15) is 38.5 Å². The number of amides is 1. The van der Waals surface area contributed by atoms with Crippen molar-refractivity contribution < 1.29 is 14.7 Å². The highest BCUT2D eigenvalue weighted by molar-refractivity contribution is 5.77. The molecule has 1 heterocycles. The van der Waals surface area contributed by atoms with E-state index in [0.717, 1.165) is 32.4 Å². The largest absolute Gasteiger partial charge is 0.481 e. The average molecular weight is 254 g/mol. The van der Waals surface area contributed by atoms with E-state index >= 15 is 0 Å². The van der Waals surface area contributed by atoms with Crippen LogP contribution in [-0.4, -0.2) is 36.1 Å². The van der Waals surface area contributed by atoms with Gasteiger partial charge in [0, 0.05) is 12.5 Å². The number of carboxylic acid groups (broad SMARTS) is 1. The van der Waals surface area contributed by atoms with Crippen molar-refractivity contribution in [3.63, 3.8) is 0 Å². The Kier molecular flexibility index (Phi) is 4.58. The third kappa shape index (κ3) is 3.70. The molecule has 0 radical (unpaired) electrons. The van der Waals surface area contributed by atoms with E-state index in [9.17, 15) is 9.59 Å². The van der Waals surface area contributed by atoms with Gasteiger partial charge in [0.05, 0.1) is 5.92 Å². The lowest BCUT2D eigenvalue weighted by atomic mass is 9.94. The van der Waals surface area contributed by atoms with Gasteiger partial charge in [0.1, 0.15) is 0 Å². The van der Waals surface area contributed by atoms with Crippen molar-refractivity contribution in [2.45, 2.75) is 44.6 Å². The first-order valence-corrected chi connectivity index (χ1v) is 6.88. The smallest absolute Gasteiger partial charge is 0.306 e. The van der Waals surface area contributed by atoms with Gasteiger partial charge in [0.2, 0.25) is 5.91 Å². The van der Waals surface area contributed by atoms with Crippen molar-refractivity contribution in [3.05, 3.63) is 0 Å². The SMILES string of the molecule is O=C(CC1CCNCC1)NC1CCC(C(=O)O)C1. The van der Waals surface area contributed by atoms with Gasteiger partial charge in [-0.2, -0.15) is 0 Å². The Morgan fingerprint density at radius 1 is 1.17 bits per heavy atom. The summed E-state index contributed by atoms with van der Waals surface area (Å²) in [5, 5.41) is 15.2. The molecule has 2 aliphatic rings. The first-order valence-electron chi connectivity index (χ1n) is 6.88. The van der Waals surface area contributed by atoms with E-state index < -0.39 is 5.97 Å². The van der Waals surface area contributed by atoms with Crippen molar-refractivity contribution in [1.29, 1.82) is 0 Å². The molecule has 0 bridgehead atoms. The number of carbonyl (C=O) groups is 2. The van der Waals surface area contributed by atoms with Crippen LogP contribution in [0, 0.1) is 11.8 Å². The molecule has 0 aromatic rings. The van der Waals surface area contributed by atoms with Crippen LogP contribution in [0.3, 0.4) is 0 Å². The summed E-state index contributed by atoms with van der Waals surface area (Å²) in [4.78, 5) is 22.7. The molecule has 2 fully saturated rings. The van der Waals surface area contributed by atoms with Gasteiger partial charge in [-0.05, 0) is 51.1 Å². The number of aliphatic carboxylic acids is 1. The van der Waals surface area contributed by atoms with E-state index in [-0.39, 0.29) is 17.9 Å². The van der Waals surface area contributed by atoms with Crippen molar-refractivity contribution in [3.8, 4) is 0 Å². The maximum Gasteiger partial charge on any atom is 0.306 e. The Bertz CT molecular complexity index is 313. The van der Waals surface area contributed by atoms with E-state index in [0.29, 0.717) is 25.2 Å². The molecule has 18 heavy (non-hydrogen) atoms. The fourth-order valence-electron chi connectivity index (χ4n) is 2.97. The predicted octanol–water partition coefficient (Wildman–Crippen LogP) is 0.746. The lowest BCUT2D eigenvalue weighted by molar-refractivity contribution is -0.141. The van der Waals surface area contributed by atoms with Crippen molar-refractivity contribution in [2.75, 3.05) is 13.1 Å². The highest BCUT2D eigenvalue weighted by atomic mass is 16.4. The molecular weight excluding hydrogens is 232 g/mol. The van der Waals surface area contributed by atoms with Gasteiger partial charge in [-0.25, -0.2) is 0 Å². The summed E-state index contributed by atoms with van der Waals surface area (Å²) in [5.41, 5.74) is 0. The van der Waals surface area contributed by atoms with Crippen LogP contribution in [0.15, 0.2) is 0 Å². The van der Waals surface area contributed by atoms with Crippen LogP contribution < -0.4 is 10.6 Å². The molecule has 2 unspecified atom stereocenters. The van der Waals surface area contributed by atoms with Gasteiger partial charge in [0.25, 0.3) is 0 Å². The van der Waals surface area contributed by atoms with Crippen LogP contribution in [0.4, 0.5) is 0 Å². The van der Waals surface area contributed by atoms with Crippen LogP contribution in [0.25, 0.3) is 0 Å². The van der Waals surface area contributed by atoms with Gasteiger partial charge < -0.3 is 15.7 Å². The number of carbonyl (C=O) groups excluding carboxylic acids is 1. The van der Waals surface area contributed by atoms with Crippen LogP contribution in [0.5, 0.6) is 0 Å². The molecule has 1 saturated heterocycles. The molecule has 3 N–H and O–H groups in total. The first-order chi connectivity index (χ1) is 8.65. The fraction of sp³-hybridized carbons (Fsp3) is 0.846. The first kappa shape index (κ1) is 13.3. The third-order valence-electron chi connectivity index (χ3n) is 4.08. The number of piperidine rings is 1. The number of carboxylic acids is 1. The lowest BCUT2D eigenvalue weighted by Gasteiger charge is -2.22. The van der Waals surface area contributed by atoms with E-state index in [1.165, 1.54) is 0 Å². The average Bonchev–Trinajstić information content (AvgIpc) is 2.78. The van der Waals surface area contributed by atoms with E-state index in [1.807, 2.05) is 0 Å². The number of hydrogen-bond donors (Lipinski definition) is 3. The summed E-state index contributed by atoms with van der Waals surface area (Å²) in [6, 6.07) is 0.0697. The van der Waals surface area contributed by atoms with E-state index in [4.69, 9.17) is 5.11 Å². The molecule has 5 nitrogen and oxygen atoms in total. The third-order valence-corrected chi connectivity index (χ3v) is 4.08. The second kappa shape index (κ2) is 6.18. The second-order valence-corrected chi connectivity index (χ2v) is 5.51. The summed E-state index contributed by atoms with van der Waals surface area (Å²) < 4.78 is 0. The minimum absolute atomic E-state index is 0.0697. The molecule has 1 aliphatic heterocycles. The molecule has 2 atom stereocenters. The molecular formula is C13H22N2O3. The molecule has 1 aliphatic carbocycles. The maximum absolute atomic E-state index is 11.9. The molecule has 1 saturated carbocycles. The normalized spacial score (nSPS) is 29.1. The molecule has 0 aromatic carbocycles. The Labute approximate surface area is 107 Å². The van der Waals surface area contributed by atoms with Crippen LogP contribution >= 0.6 is 0 Å². The summed E-state index contributed by atoms with van der Waals surface area (Å²) in [6.45, 7) is 2.00. The number of hydrogen-bond acceptors (Lipinski definition) is 3. The summed E-state index contributed by atoms with van der Waals surface area (Å²) in [6.07, 6.45) is 4.80. The minimum atomic E-state index is -0.731. The Morgan fingerprint density at radius 3 is 2.50 bits per heavy atom. The van der Waals surface area contributed by atoms with E-state index in [1.54, 1.807) is 0 Å². The summed E-state index contributed by atoms with van der Waals surface area (Å²) in [7, 11) is 0. The van der Waals surface area contributed by atoms with Crippen molar-refractivity contribution >= 4 is 11.9 Å². The van der Waals surface area contributed by atoms with Crippen LogP contribution in [0.2, 0.25) is 0 Å². The summed E-state index contributed by atoms with van der Waals surface area (Å²) >= 11 is 0. The molecule has 5 heteroatoms. The molecule has 0 aromatic heterocycles. The zero-order valence-electron chi connectivity index (χ0n) is 10.7. The van der Waals surface area contributed by atoms with E-state index in [2.05, 4.69) is 10.6 Å². The monoisotopic (exact) mass is 254 g/mol. The highest BCUT2D eigenvalue weighted by Gasteiger charge is 2.30. The Hall–Kier alpha value is -1.10. The highest BCUT2D eigenvalue weighted by Crippen LogP contribution is 2.26. The maximum atomic E-state index is 11.9. The Morgan fingerprint density at radius 2 is 1.89 bits per heavy atom. The second-order valence-electron chi connectivity index (χ2n) is 5.51. The van der Waals surface area contributed by atoms with Crippen LogP contribution in [-0.2, 0) is 9.59 Å². The molecule has 1 amide bonds. The topological polar surface area (TPSA) is 78.4 Å². The standard InChI is InChI=1S/C13H22N2O3/c16-12(7-9-3-5-14-6-4-9)15-11-2-1-10(8-11)13(17)18/h9-11,14H,1-8H2,(H,15,16)(H,17,18). The molecule has 2 rings (SSSR count). The Balaban J connectivity index is 1.69. The molecule has 102 valence electrons. The van der Waals surface area contributed by atoms with Crippen molar-refractivity contribution in [1.82, 2.24) is 10.6 Å². The zero-order valence-corrected chi connectivity index (χ0v) is 10.7. The van der Waals surface area contributed by atoms with Gasteiger partial charge in [-0.15, -0.1) is 0 Å². The fourth-order valence-corrected chi connectivity index (χ4v) is 2.97. The lowest BCUT2D eigenvalue weighted by Crippen LogP contribution is -2.36. The minimum Gasteiger partial charge on any atom is -0.481 e. The van der Waals surface area contributed by atoms with Gasteiger partial charge in [-0.1, -0.05) is 0 Å². The number of nitrogens with one attached hydrogen (secondary N) is 2. The van der Waals surface area contributed by atoms with Crippen molar-refractivity contribution in [2.24, 2.45) is 11.8 Å².